The Labute approximate surface area is 224 Å². The number of benzene rings is 3. The molecule has 1 aromatic heterocycles. The number of hydrogen-bond donors (Lipinski definition) is 2. The maximum Gasteiger partial charge on any atom is 0.244 e. The van der Waals surface area contributed by atoms with E-state index in [0.717, 1.165) is 24.9 Å². The van der Waals surface area contributed by atoms with E-state index < -0.39 is 22.0 Å². The highest BCUT2D eigenvalue weighted by atomic mass is 127. The third-order valence-electron chi connectivity index (χ3n) is 4.89. The Morgan fingerprint density at radius 3 is 2.35 bits per heavy atom. The van der Waals surface area contributed by atoms with Crippen molar-refractivity contribution in [3.63, 3.8) is 0 Å². The van der Waals surface area contributed by atoms with Gasteiger partial charge in [0, 0.05) is 19.0 Å². The summed E-state index contributed by atoms with van der Waals surface area (Å²) < 4.78 is 30.5. The van der Waals surface area contributed by atoms with E-state index in [1.807, 2.05) is 60.0 Å². The number of anilines is 1. The Hall–Kier alpha value is -2.12. The van der Waals surface area contributed by atoms with Crippen LogP contribution in [0.15, 0.2) is 93.6 Å². The Morgan fingerprint density at radius 1 is 1.00 bits per heavy atom. The Bertz CT molecular complexity index is 1380. The molecule has 10 heteroatoms. The minimum absolute atomic E-state index is 0.102. The molecule has 1 atom stereocenters. The molecule has 0 saturated heterocycles. The Balaban J connectivity index is 1.55. The van der Waals surface area contributed by atoms with Crippen LogP contribution in [0.2, 0.25) is 0 Å². The summed E-state index contributed by atoms with van der Waals surface area (Å²) in [5.41, 5.74) is 2.48. The van der Waals surface area contributed by atoms with Crippen molar-refractivity contribution in [3.05, 3.63) is 97.8 Å². The van der Waals surface area contributed by atoms with Crippen molar-refractivity contribution in [2.24, 2.45) is 0 Å². The fraction of sp³-hybridized carbons (Fsp3) is 0.0833. The first-order chi connectivity index (χ1) is 16.3. The summed E-state index contributed by atoms with van der Waals surface area (Å²) in [6.07, 6.45) is 0.196. The lowest BCUT2D eigenvalue weighted by atomic mass is 10.1. The molecule has 2 N–H and O–H groups in total. The zero-order valence-corrected chi connectivity index (χ0v) is 23.0. The average molecular weight is 668 g/mol. The molecule has 4 rings (SSSR count). The SMILES string of the molecule is O=C(Nc1nc(-c2ccc(Br)cc2)cs1)[C@@H](Cc1ccccc1)NS(=O)(=O)c1ccc(I)cc1. The highest BCUT2D eigenvalue weighted by Crippen LogP contribution is 2.26. The van der Waals surface area contributed by atoms with Gasteiger partial charge in [-0.05, 0) is 71.0 Å². The van der Waals surface area contributed by atoms with Crippen LogP contribution in [0.1, 0.15) is 5.56 Å². The van der Waals surface area contributed by atoms with E-state index in [9.17, 15) is 13.2 Å². The van der Waals surface area contributed by atoms with Crippen molar-refractivity contribution in [1.82, 2.24) is 9.71 Å². The number of halogens is 2. The number of nitrogens with zero attached hydrogens (tertiary/aromatic N) is 1. The molecule has 0 bridgehead atoms. The molecule has 0 aliphatic carbocycles. The predicted octanol–water partition coefficient (Wildman–Crippen LogP) is 5.71. The van der Waals surface area contributed by atoms with Gasteiger partial charge in [0.05, 0.1) is 10.6 Å². The first-order valence-electron chi connectivity index (χ1n) is 10.1. The number of thiazole rings is 1. The van der Waals surface area contributed by atoms with Gasteiger partial charge in [-0.25, -0.2) is 13.4 Å². The fourth-order valence-electron chi connectivity index (χ4n) is 3.18. The van der Waals surface area contributed by atoms with Crippen molar-refractivity contribution in [2.75, 3.05) is 5.32 Å². The third kappa shape index (κ3) is 6.51. The highest BCUT2D eigenvalue weighted by molar-refractivity contribution is 14.1. The summed E-state index contributed by atoms with van der Waals surface area (Å²) in [5, 5.41) is 5.02. The van der Waals surface area contributed by atoms with Gasteiger partial charge in [0.25, 0.3) is 0 Å². The quantitative estimate of drug-likeness (QED) is 0.236. The van der Waals surface area contributed by atoms with Crippen LogP contribution in [0.3, 0.4) is 0 Å². The number of carbonyl (C=O) groups excluding carboxylic acids is 1. The van der Waals surface area contributed by atoms with Crippen LogP contribution in [0.25, 0.3) is 11.3 Å². The number of rotatable bonds is 8. The number of amides is 1. The first-order valence-corrected chi connectivity index (χ1v) is 14.4. The monoisotopic (exact) mass is 667 g/mol. The first kappa shape index (κ1) is 25.0. The van der Waals surface area contributed by atoms with Crippen LogP contribution in [0, 0.1) is 3.57 Å². The summed E-state index contributed by atoms with van der Waals surface area (Å²) in [6.45, 7) is 0. The number of aromatic nitrogens is 1. The van der Waals surface area contributed by atoms with Gasteiger partial charge in [-0.2, -0.15) is 4.72 Å². The second-order valence-electron chi connectivity index (χ2n) is 7.35. The molecule has 4 aromatic rings. The fourth-order valence-corrected chi connectivity index (χ4v) is 5.73. The van der Waals surface area contributed by atoms with Crippen molar-refractivity contribution < 1.29 is 13.2 Å². The molecule has 0 aliphatic heterocycles. The highest BCUT2D eigenvalue weighted by Gasteiger charge is 2.27. The molecule has 0 saturated carbocycles. The third-order valence-corrected chi connectivity index (χ3v) is 8.39. The van der Waals surface area contributed by atoms with Crippen LogP contribution in [0.5, 0.6) is 0 Å². The molecule has 0 unspecified atom stereocenters. The molecule has 1 amide bonds. The van der Waals surface area contributed by atoms with Gasteiger partial charge in [0.1, 0.15) is 6.04 Å². The number of nitrogens with one attached hydrogen (secondary N) is 2. The molecule has 6 nitrogen and oxygen atoms in total. The summed E-state index contributed by atoms with van der Waals surface area (Å²) in [7, 11) is -3.91. The lowest BCUT2D eigenvalue weighted by Crippen LogP contribution is -2.45. The lowest BCUT2D eigenvalue weighted by molar-refractivity contribution is -0.117. The van der Waals surface area contributed by atoms with E-state index in [1.54, 1.807) is 12.1 Å². The summed E-state index contributed by atoms with van der Waals surface area (Å²) >= 11 is 6.80. The van der Waals surface area contributed by atoms with Crippen LogP contribution >= 0.6 is 49.9 Å². The summed E-state index contributed by atoms with van der Waals surface area (Å²) in [6, 6.07) is 22.4. The smallest absolute Gasteiger partial charge is 0.244 e. The molecular formula is C24H19BrIN3O3S2. The Kier molecular flexibility index (Phi) is 8.14. The predicted molar refractivity (Wildman–Crippen MR) is 147 cm³/mol. The molecule has 174 valence electrons. The molecule has 1 heterocycles. The van der Waals surface area contributed by atoms with Crippen molar-refractivity contribution >= 4 is 70.9 Å². The summed E-state index contributed by atoms with van der Waals surface area (Å²) in [4.78, 5) is 17.8. The number of hydrogen-bond acceptors (Lipinski definition) is 5. The van der Waals surface area contributed by atoms with E-state index in [4.69, 9.17) is 0 Å². The molecule has 0 spiro atoms. The molecule has 0 fully saturated rings. The molecule has 0 radical (unpaired) electrons. The minimum Gasteiger partial charge on any atom is -0.301 e. The van der Waals surface area contributed by atoms with Crippen molar-refractivity contribution in [1.29, 1.82) is 0 Å². The van der Waals surface area contributed by atoms with Gasteiger partial charge in [-0.1, -0.05) is 58.4 Å². The van der Waals surface area contributed by atoms with E-state index in [0.29, 0.717) is 5.13 Å². The van der Waals surface area contributed by atoms with Gasteiger partial charge >= 0.3 is 0 Å². The number of sulfonamides is 1. The normalized spacial score (nSPS) is 12.3. The van der Waals surface area contributed by atoms with E-state index >= 15 is 0 Å². The molecule has 34 heavy (non-hydrogen) atoms. The van der Waals surface area contributed by atoms with Gasteiger partial charge < -0.3 is 5.32 Å². The minimum atomic E-state index is -3.91. The molecule has 0 aliphatic rings. The second-order valence-corrected chi connectivity index (χ2v) is 12.1. The standard InChI is InChI=1S/C24H19BrIN3O3S2/c25-18-8-6-17(7-9-18)22-15-33-24(27-22)28-23(30)21(14-16-4-2-1-3-5-16)29-34(31,32)20-12-10-19(26)11-13-20/h1-13,15,21,29H,14H2,(H,27,28,30)/t21-/m1/s1. The van der Waals surface area contributed by atoms with E-state index in [1.165, 1.54) is 23.5 Å². The largest absolute Gasteiger partial charge is 0.301 e. The van der Waals surface area contributed by atoms with E-state index in [2.05, 4.69) is 53.5 Å². The molecule has 3 aromatic carbocycles. The number of carbonyl (C=O) groups is 1. The van der Waals surface area contributed by atoms with E-state index in [-0.39, 0.29) is 11.3 Å². The maximum absolute atomic E-state index is 13.2. The molecular weight excluding hydrogens is 649 g/mol. The van der Waals surface area contributed by atoms with Gasteiger partial charge in [0.2, 0.25) is 15.9 Å². The van der Waals surface area contributed by atoms with Gasteiger partial charge in [-0.15, -0.1) is 11.3 Å². The van der Waals surface area contributed by atoms with Crippen molar-refractivity contribution in [3.8, 4) is 11.3 Å². The second kappa shape index (κ2) is 11.1. The summed E-state index contributed by atoms with van der Waals surface area (Å²) in [5.74, 6) is -0.477. The van der Waals surface area contributed by atoms with Crippen molar-refractivity contribution in [2.45, 2.75) is 17.4 Å². The zero-order valence-electron chi connectivity index (χ0n) is 17.6. The van der Waals surface area contributed by atoms with Gasteiger partial charge in [0.15, 0.2) is 5.13 Å². The Morgan fingerprint density at radius 2 is 1.68 bits per heavy atom. The van der Waals surface area contributed by atoms with Gasteiger partial charge in [-0.3, -0.25) is 4.79 Å². The maximum atomic E-state index is 13.2. The van der Waals surface area contributed by atoms with Crippen LogP contribution in [-0.2, 0) is 21.2 Å². The van der Waals surface area contributed by atoms with Crippen LogP contribution in [-0.4, -0.2) is 25.4 Å². The topological polar surface area (TPSA) is 88.2 Å². The lowest BCUT2D eigenvalue weighted by Gasteiger charge is -2.18. The average Bonchev–Trinajstić information content (AvgIpc) is 3.28. The van der Waals surface area contributed by atoms with Crippen LogP contribution < -0.4 is 10.0 Å². The van der Waals surface area contributed by atoms with Crippen LogP contribution in [0.4, 0.5) is 5.13 Å². The zero-order chi connectivity index (χ0) is 24.1.